The van der Waals surface area contributed by atoms with Crippen LogP contribution >= 0.6 is 0 Å². The van der Waals surface area contributed by atoms with E-state index in [0.717, 1.165) is 0 Å². The Morgan fingerprint density at radius 3 is 1.50 bits per heavy atom. The summed E-state index contributed by atoms with van der Waals surface area (Å²) in [5.74, 6) is 0. The normalized spacial score (nSPS) is 12.7. The van der Waals surface area contributed by atoms with Gasteiger partial charge in [-0.05, 0) is 53.0 Å². The van der Waals surface area contributed by atoms with E-state index in [0.29, 0.717) is 0 Å². The summed E-state index contributed by atoms with van der Waals surface area (Å²) in [6.07, 6.45) is 11.1. The van der Waals surface area contributed by atoms with E-state index in [1.807, 2.05) is 0 Å². The summed E-state index contributed by atoms with van der Waals surface area (Å²) in [5.41, 5.74) is 1.49. The SMILES string of the molecule is CCCCCCCCCc1ccccc1.CCOOS(=O)(=O)C(OCC)(OCC)C(OCC)(OCC)S(=O)(=O)O. The average Bonchev–Trinajstić information content (AvgIpc) is 2.91. The van der Waals surface area contributed by atoms with Crippen molar-refractivity contribution < 1.29 is 49.6 Å². The molecular formula is C27H50O11S2. The Labute approximate surface area is 241 Å². The van der Waals surface area contributed by atoms with Crippen LogP contribution in [0.4, 0.5) is 0 Å². The number of benzene rings is 1. The number of ether oxygens (including phenoxy) is 4. The van der Waals surface area contributed by atoms with Gasteiger partial charge in [-0.15, -0.1) is 4.33 Å². The molecule has 11 nitrogen and oxygen atoms in total. The van der Waals surface area contributed by atoms with Crippen molar-refractivity contribution in [2.45, 2.75) is 103 Å². The van der Waals surface area contributed by atoms with Crippen LogP contribution in [0, 0.1) is 0 Å². The van der Waals surface area contributed by atoms with Crippen molar-refractivity contribution in [2.75, 3.05) is 33.0 Å². The third kappa shape index (κ3) is 11.6. The molecule has 0 atom stereocenters. The Bertz CT molecular complexity index is 955. The van der Waals surface area contributed by atoms with Gasteiger partial charge in [0.05, 0.1) is 6.61 Å². The van der Waals surface area contributed by atoms with Crippen molar-refractivity contribution in [3.05, 3.63) is 35.9 Å². The van der Waals surface area contributed by atoms with E-state index in [-0.39, 0.29) is 33.0 Å². The fraction of sp³-hybridized carbons (Fsp3) is 0.778. The number of aryl methyl sites for hydroxylation is 1. The molecule has 0 saturated heterocycles. The zero-order valence-electron chi connectivity index (χ0n) is 24.9. The highest BCUT2D eigenvalue weighted by Gasteiger charge is 2.74. The Morgan fingerprint density at radius 1 is 0.625 bits per heavy atom. The fourth-order valence-corrected chi connectivity index (χ4v) is 6.74. The summed E-state index contributed by atoms with van der Waals surface area (Å²) in [6, 6.07) is 10.8. The average molecular weight is 615 g/mol. The third-order valence-corrected chi connectivity index (χ3v) is 8.30. The van der Waals surface area contributed by atoms with E-state index >= 15 is 0 Å². The molecule has 0 amide bonds. The molecule has 0 aliphatic rings. The lowest BCUT2D eigenvalue weighted by Crippen LogP contribution is -2.68. The highest BCUT2D eigenvalue weighted by Crippen LogP contribution is 2.42. The maximum atomic E-state index is 12.7. The van der Waals surface area contributed by atoms with Crippen LogP contribution in [0.25, 0.3) is 0 Å². The van der Waals surface area contributed by atoms with Gasteiger partial charge in [0.2, 0.25) is 0 Å². The summed E-state index contributed by atoms with van der Waals surface area (Å²) >= 11 is 0. The van der Waals surface area contributed by atoms with Gasteiger partial charge in [0.15, 0.2) is 0 Å². The van der Waals surface area contributed by atoms with E-state index < -0.39 is 30.5 Å². The minimum atomic E-state index is -5.37. The number of rotatable bonds is 22. The lowest BCUT2D eigenvalue weighted by Gasteiger charge is -2.42. The zero-order chi connectivity index (χ0) is 30.5. The molecule has 0 radical (unpaired) electrons. The highest BCUT2D eigenvalue weighted by atomic mass is 32.2. The quantitative estimate of drug-likeness (QED) is 0.0572. The Hall–Kier alpha value is -1.16. The first-order valence-electron chi connectivity index (χ1n) is 14.1. The van der Waals surface area contributed by atoms with E-state index in [2.05, 4.69) is 46.5 Å². The van der Waals surface area contributed by atoms with Gasteiger partial charge < -0.3 is 18.9 Å². The van der Waals surface area contributed by atoms with Gasteiger partial charge in [0.1, 0.15) is 0 Å². The zero-order valence-corrected chi connectivity index (χ0v) is 26.6. The van der Waals surface area contributed by atoms with Crippen molar-refractivity contribution in [3.63, 3.8) is 0 Å². The van der Waals surface area contributed by atoms with Gasteiger partial charge >= 0.3 is 30.5 Å². The van der Waals surface area contributed by atoms with Gasteiger partial charge in [0, 0.05) is 26.4 Å². The van der Waals surface area contributed by atoms with Crippen LogP contribution in [0.3, 0.4) is 0 Å². The molecule has 0 bridgehead atoms. The summed E-state index contributed by atoms with van der Waals surface area (Å²) in [5, 5.41) is -6.48. The summed E-state index contributed by atoms with van der Waals surface area (Å²) in [6.45, 7) is 7.53. The standard InChI is InChI=1S/C15H24.C12H26O11S2/c1-2-3-4-5-6-7-9-12-15-13-10-8-11-14-15;1-6-18-11(19-7-2,24(13,14)15)12(20-8-3,21-9-4)25(16,17)23-22-10-5/h8,10-11,13-14H,2-7,9,12H2,1H3;6-10H2,1-5H3,(H,13,14,15). The van der Waals surface area contributed by atoms with Crippen LogP contribution in [-0.2, 0) is 54.8 Å². The van der Waals surface area contributed by atoms with Crippen molar-refractivity contribution >= 4 is 20.2 Å². The molecule has 0 heterocycles. The van der Waals surface area contributed by atoms with E-state index in [1.165, 1.54) is 91.5 Å². The molecular weight excluding hydrogens is 564 g/mol. The maximum Gasteiger partial charge on any atom is 0.377 e. The molecule has 0 spiro atoms. The van der Waals surface area contributed by atoms with Crippen LogP contribution in [0.1, 0.15) is 92.1 Å². The first-order chi connectivity index (χ1) is 19.0. The first kappa shape index (κ1) is 38.8. The molecule has 1 aromatic rings. The minimum Gasteiger partial charge on any atom is -0.331 e. The number of hydrogen-bond donors (Lipinski definition) is 1. The molecule has 1 N–H and O–H groups in total. The van der Waals surface area contributed by atoms with Gasteiger partial charge in [-0.2, -0.15) is 16.8 Å². The second kappa shape index (κ2) is 20.7. The van der Waals surface area contributed by atoms with E-state index in [9.17, 15) is 21.4 Å². The summed E-state index contributed by atoms with van der Waals surface area (Å²) in [4.78, 5) is 4.43. The molecule has 1 aromatic carbocycles. The van der Waals surface area contributed by atoms with Gasteiger partial charge in [-0.1, -0.05) is 75.8 Å². The monoisotopic (exact) mass is 614 g/mol. The second-order valence-corrected chi connectivity index (χ2v) is 11.7. The second-order valence-electron chi connectivity index (χ2n) is 8.61. The van der Waals surface area contributed by atoms with E-state index in [4.69, 9.17) is 18.9 Å². The van der Waals surface area contributed by atoms with Crippen molar-refractivity contribution in [3.8, 4) is 0 Å². The molecule has 40 heavy (non-hydrogen) atoms. The molecule has 0 fully saturated rings. The fourth-order valence-electron chi connectivity index (χ4n) is 3.89. The summed E-state index contributed by atoms with van der Waals surface area (Å²) in [7, 11) is -10.5. The lowest BCUT2D eigenvalue weighted by atomic mass is 10.0. The minimum absolute atomic E-state index is 0.185. The predicted molar refractivity (Wildman–Crippen MR) is 153 cm³/mol. The molecule has 0 aromatic heterocycles. The van der Waals surface area contributed by atoms with Crippen LogP contribution in [0.2, 0.25) is 0 Å². The smallest absolute Gasteiger partial charge is 0.331 e. The highest BCUT2D eigenvalue weighted by molar-refractivity contribution is 7.91. The van der Waals surface area contributed by atoms with Gasteiger partial charge in [-0.25, -0.2) is 4.89 Å². The van der Waals surface area contributed by atoms with Crippen molar-refractivity contribution in [2.24, 2.45) is 0 Å². The molecule has 1 rings (SSSR count). The molecule has 236 valence electrons. The van der Waals surface area contributed by atoms with Crippen molar-refractivity contribution in [1.82, 2.24) is 0 Å². The molecule has 13 heteroatoms. The largest absolute Gasteiger partial charge is 0.377 e. The van der Waals surface area contributed by atoms with Gasteiger partial charge in [-0.3, -0.25) is 4.55 Å². The predicted octanol–water partition coefficient (Wildman–Crippen LogP) is 5.61. The number of unbranched alkanes of at least 4 members (excludes halogenated alkanes) is 6. The maximum absolute atomic E-state index is 12.7. The number of hydrogen-bond acceptors (Lipinski definition) is 10. The molecule has 0 aliphatic carbocycles. The van der Waals surface area contributed by atoms with E-state index in [1.54, 1.807) is 0 Å². The van der Waals surface area contributed by atoms with Crippen LogP contribution in [0.5, 0.6) is 0 Å². The molecule has 0 saturated carbocycles. The van der Waals surface area contributed by atoms with Crippen LogP contribution in [0.15, 0.2) is 30.3 Å². The third-order valence-electron chi connectivity index (χ3n) is 5.55. The van der Waals surface area contributed by atoms with Gasteiger partial charge in [0.25, 0.3) is 0 Å². The Balaban J connectivity index is 0.000000858. The Morgan fingerprint density at radius 2 is 1.07 bits per heavy atom. The first-order valence-corrected chi connectivity index (χ1v) is 17.0. The molecule has 0 unspecified atom stereocenters. The lowest BCUT2D eigenvalue weighted by molar-refractivity contribution is -0.340. The van der Waals surface area contributed by atoms with Crippen LogP contribution in [-0.4, -0.2) is 64.7 Å². The topological polar surface area (TPSA) is 144 Å². The van der Waals surface area contributed by atoms with Crippen LogP contribution < -0.4 is 0 Å². The summed E-state index contributed by atoms with van der Waals surface area (Å²) < 4.78 is 84.1. The van der Waals surface area contributed by atoms with Crippen molar-refractivity contribution in [1.29, 1.82) is 0 Å². The molecule has 0 aliphatic heterocycles. The Kier molecular flexibility index (Phi) is 20.1.